The van der Waals surface area contributed by atoms with Gasteiger partial charge < -0.3 is 23.7 Å². The van der Waals surface area contributed by atoms with E-state index in [2.05, 4.69) is 0 Å². The molecule has 2 saturated heterocycles. The van der Waals surface area contributed by atoms with Crippen molar-refractivity contribution in [3.63, 3.8) is 0 Å². The summed E-state index contributed by atoms with van der Waals surface area (Å²) < 4.78 is 26.8. The summed E-state index contributed by atoms with van der Waals surface area (Å²) in [6, 6.07) is 5.19. The van der Waals surface area contributed by atoms with Gasteiger partial charge in [-0.1, -0.05) is 6.07 Å². The molecule has 1 aromatic rings. The molecule has 1 aromatic carbocycles. The van der Waals surface area contributed by atoms with Crippen molar-refractivity contribution in [2.45, 2.75) is 12.6 Å². The minimum absolute atomic E-state index is 0.399. The highest BCUT2D eigenvalue weighted by molar-refractivity contribution is 5.89. The Morgan fingerprint density at radius 3 is 2.10 bits per heavy atom. The lowest BCUT2D eigenvalue weighted by atomic mass is 10.0. The van der Waals surface area contributed by atoms with E-state index in [1.165, 1.54) is 7.11 Å². The number of rotatable bonds is 3. The molecule has 0 saturated carbocycles. The number of ether oxygens (including phenoxy) is 5. The molecule has 6 nitrogen and oxygen atoms in total. The molecule has 0 unspecified atom stereocenters. The van der Waals surface area contributed by atoms with Crippen LogP contribution in [-0.2, 0) is 23.7 Å². The van der Waals surface area contributed by atoms with Crippen LogP contribution in [-0.4, -0.2) is 39.5 Å². The molecule has 2 fully saturated rings. The quantitative estimate of drug-likeness (QED) is 0.783. The molecule has 108 valence electrons. The van der Waals surface area contributed by atoms with Gasteiger partial charge in [0.1, 0.15) is 0 Å². The second-order valence-corrected chi connectivity index (χ2v) is 4.48. The summed E-state index contributed by atoms with van der Waals surface area (Å²) in [6.07, 6.45) is -0.938. The van der Waals surface area contributed by atoms with Crippen molar-refractivity contribution in [3.8, 4) is 0 Å². The van der Waals surface area contributed by atoms with E-state index >= 15 is 0 Å². The molecule has 0 atom stereocenters. The number of carbonyl (C=O) groups is 1. The number of benzene rings is 1. The second kappa shape index (κ2) is 5.88. The van der Waals surface area contributed by atoms with Gasteiger partial charge in [0.2, 0.25) is 0 Å². The van der Waals surface area contributed by atoms with E-state index in [1.807, 2.05) is 0 Å². The Morgan fingerprint density at radius 1 is 1.00 bits per heavy atom. The van der Waals surface area contributed by atoms with Gasteiger partial charge in [-0.25, -0.2) is 4.79 Å². The highest BCUT2D eigenvalue weighted by Gasteiger charge is 2.29. The van der Waals surface area contributed by atoms with Crippen LogP contribution in [0.4, 0.5) is 0 Å². The van der Waals surface area contributed by atoms with Gasteiger partial charge in [-0.05, 0) is 12.1 Å². The van der Waals surface area contributed by atoms with Gasteiger partial charge >= 0.3 is 5.97 Å². The fourth-order valence-electron chi connectivity index (χ4n) is 2.31. The molecule has 0 aliphatic carbocycles. The largest absolute Gasteiger partial charge is 0.465 e. The molecule has 2 aliphatic heterocycles. The molecular formula is C14H16O6. The zero-order valence-electron chi connectivity index (χ0n) is 11.2. The fraction of sp³-hybridized carbons (Fsp3) is 0.500. The van der Waals surface area contributed by atoms with Crippen LogP contribution in [0.25, 0.3) is 0 Å². The third-order valence-corrected chi connectivity index (χ3v) is 3.26. The molecule has 20 heavy (non-hydrogen) atoms. The lowest BCUT2D eigenvalue weighted by molar-refractivity contribution is -0.0637. The van der Waals surface area contributed by atoms with Crippen LogP contribution in [0.1, 0.15) is 34.1 Å². The van der Waals surface area contributed by atoms with Crippen LogP contribution in [0, 0.1) is 0 Å². The third-order valence-electron chi connectivity index (χ3n) is 3.26. The Morgan fingerprint density at radius 2 is 1.55 bits per heavy atom. The molecule has 0 spiro atoms. The van der Waals surface area contributed by atoms with Crippen molar-refractivity contribution in [1.29, 1.82) is 0 Å². The molecule has 2 aliphatic rings. The SMILES string of the molecule is COC(=O)c1ccc(C2OCCO2)c(C2OCCO2)c1. The van der Waals surface area contributed by atoms with Crippen LogP contribution in [0.3, 0.4) is 0 Å². The molecule has 3 rings (SSSR count). The smallest absolute Gasteiger partial charge is 0.337 e. The maximum Gasteiger partial charge on any atom is 0.337 e. The minimum atomic E-state index is -0.498. The van der Waals surface area contributed by atoms with Crippen molar-refractivity contribution < 1.29 is 28.5 Å². The molecule has 0 bridgehead atoms. The molecular weight excluding hydrogens is 264 g/mol. The van der Waals surface area contributed by atoms with Crippen molar-refractivity contribution in [3.05, 3.63) is 34.9 Å². The van der Waals surface area contributed by atoms with Gasteiger partial charge in [0.25, 0.3) is 0 Å². The zero-order valence-corrected chi connectivity index (χ0v) is 11.2. The van der Waals surface area contributed by atoms with Crippen molar-refractivity contribution in [1.82, 2.24) is 0 Å². The molecule has 0 radical (unpaired) electrons. The van der Waals surface area contributed by atoms with E-state index in [9.17, 15) is 4.79 Å². The number of hydrogen-bond donors (Lipinski definition) is 0. The summed E-state index contributed by atoms with van der Waals surface area (Å²) in [6.45, 7) is 2.16. The Hall–Kier alpha value is -1.47. The lowest BCUT2D eigenvalue weighted by Crippen LogP contribution is -2.11. The standard InChI is InChI=1S/C14H16O6/c1-16-12(15)9-2-3-10(13-17-4-5-18-13)11(8-9)14-19-6-7-20-14/h2-3,8,13-14H,4-7H2,1H3. The van der Waals surface area contributed by atoms with E-state index in [0.717, 1.165) is 11.1 Å². The average molecular weight is 280 g/mol. The van der Waals surface area contributed by atoms with E-state index in [0.29, 0.717) is 32.0 Å². The predicted octanol–water partition coefficient (Wildman–Crippen LogP) is 1.56. The number of carbonyl (C=O) groups excluding carboxylic acids is 1. The molecule has 6 heteroatoms. The van der Waals surface area contributed by atoms with Gasteiger partial charge in [0.05, 0.1) is 39.1 Å². The predicted molar refractivity (Wildman–Crippen MR) is 67.1 cm³/mol. The van der Waals surface area contributed by atoms with Gasteiger partial charge in [-0.15, -0.1) is 0 Å². The molecule has 0 aromatic heterocycles. The van der Waals surface area contributed by atoms with Crippen LogP contribution < -0.4 is 0 Å². The third kappa shape index (κ3) is 2.55. The first-order chi connectivity index (χ1) is 9.79. The van der Waals surface area contributed by atoms with Gasteiger partial charge in [-0.3, -0.25) is 0 Å². The summed E-state index contributed by atoms with van der Waals surface area (Å²) in [5.74, 6) is -0.399. The number of methoxy groups -OCH3 is 1. The highest BCUT2D eigenvalue weighted by Crippen LogP contribution is 2.34. The maximum atomic E-state index is 11.6. The van der Waals surface area contributed by atoms with Crippen LogP contribution in [0.2, 0.25) is 0 Å². The van der Waals surface area contributed by atoms with E-state index in [-0.39, 0.29) is 0 Å². The lowest BCUT2D eigenvalue weighted by Gasteiger charge is -2.19. The van der Waals surface area contributed by atoms with Crippen LogP contribution >= 0.6 is 0 Å². The van der Waals surface area contributed by atoms with E-state index in [4.69, 9.17) is 23.7 Å². The topological polar surface area (TPSA) is 63.2 Å². The number of hydrogen-bond acceptors (Lipinski definition) is 6. The second-order valence-electron chi connectivity index (χ2n) is 4.48. The Bertz CT molecular complexity index is 488. The molecule has 0 N–H and O–H groups in total. The van der Waals surface area contributed by atoms with Crippen LogP contribution in [0.5, 0.6) is 0 Å². The summed E-state index contributed by atoms with van der Waals surface area (Å²) >= 11 is 0. The summed E-state index contributed by atoms with van der Waals surface area (Å²) in [7, 11) is 1.35. The van der Waals surface area contributed by atoms with Crippen molar-refractivity contribution in [2.75, 3.05) is 33.5 Å². The van der Waals surface area contributed by atoms with Gasteiger partial charge in [-0.2, -0.15) is 0 Å². The molecule has 0 amide bonds. The first kappa shape index (κ1) is 13.5. The van der Waals surface area contributed by atoms with Crippen LogP contribution in [0.15, 0.2) is 18.2 Å². The van der Waals surface area contributed by atoms with Gasteiger partial charge in [0, 0.05) is 11.1 Å². The Balaban J connectivity index is 1.97. The summed E-state index contributed by atoms with van der Waals surface area (Å²) in [4.78, 5) is 11.6. The summed E-state index contributed by atoms with van der Waals surface area (Å²) in [5, 5.41) is 0. The first-order valence-corrected chi connectivity index (χ1v) is 6.48. The first-order valence-electron chi connectivity index (χ1n) is 6.48. The summed E-state index contributed by atoms with van der Waals surface area (Å²) in [5.41, 5.74) is 2.02. The highest BCUT2D eigenvalue weighted by atomic mass is 16.7. The fourth-order valence-corrected chi connectivity index (χ4v) is 2.31. The van der Waals surface area contributed by atoms with Gasteiger partial charge in [0.15, 0.2) is 12.6 Å². The Kier molecular flexibility index (Phi) is 3.98. The van der Waals surface area contributed by atoms with Crippen molar-refractivity contribution in [2.24, 2.45) is 0 Å². The monoisotopic (exact) mass is 280 g/mol. The number of esters is 1. The minimum Gasteiger partial charge on any atom is -0.465 e. The zero-order chi connectivity index (χ0) is 13.9. The maximum absolute atomic E-state index is 11.6. The normalized spacial score (nSPS) is 20.4. The van der Waals surface area contributed by atoms with Crippen molar-refractivity contribution >= 4 is 5.97 Å². The Labute approximate surface area is 116 Å². The average Bonchev–Trinajstić information content (AvgIpc) is 3.18. The molecule has 2 heterocycles. The van der Waals surface area contributed by atoms with E-state index in [1.54, 1.807) is 18.2 Å². The van der Waals surface area contributed by atoms with E-state index < -0.39 is 18.5 Å².